The first kappa shape index (κ1) is 16.4. The zero-order valence-electron chi connectivity index (χ0n) is 11.7. The summed E-state index contributed by atoms with van der Waals surface area (Å²) in [4.78, 5) is 0.800. The molecular weight excluding hydrogens is 264 g/mol. The molecular formula is C15H23F2NS. The molecule has 0 heterocycles. The number of rotatable bonds is 9. The minimum atomic E-state index is -0.779. The molecule has 19 heavy (non-hydrogen) atoms. The van der Waals surface area contributed by atoms with Crippen molar-refractivity contribution in [2.24, 2.45) is 0 Å². The monoisotopic (exact) mass is 287 g/mol. The second-order valence-corrected chi connectivity index (χ2v) is 5.79. The fraction of sp³-hybridized carbons (Fsp3) is 0.600. The molecule has 0 aliphatic rings. The molecule has 1 nitrogen and oxygen atoms in total. The van der Waals surface area contributed by atoms with Gasteiger partial charge in [0.05, 0.1) is 0 Å². The van der Waals surface area contributed by atoms with Gasteiger partial charge in [-0.2, -0.15) is 0 Å². The van der Waals surface area contributed by atoms with Crippen LogP contribution in [0.25, 0.3) is 0 Å². The largest absolute Gasteiger partial charge is 0.314 e. The fourth-order valence-corrected chi connectivity index (χ4v) is 2.78. The first-order valence-electron chi connectivity index (χ1n) is 6.98. The smallest absolute Gasteiger partial charge is 0.159 e. The summed E-state index contributed by atoms with van der Waals surface area (Å²) >= 11 is 1.59. The fourth-order valence-electron chi connectivity index (χ4n) is 1.89. The second kappa shape index (κ2) is 9.32. The van der Waals surface area contributed by atoms with Crippen molar-refractivity contribution >= 4 is 11.8 Å². The standard InChI is InChI=1S/C15H23F2NS/c1-3-9-18-12(4-2)6-5-10-19-13-7-8-14(16)15(17)11-13/h7-8,11-12,18H,3-6,9-10H2,1-2H3. The van der Waals surface area contributed by atoms with Crippen LogP contribution in [-0.4, -0.2) is 18.3 Å². The summed E-state index contributed by atoms with van der Waals surface area (Å²) in [5, 5.41) is 3.52. The number of hydrogen-bond acceptors (Lipinski definition) is 2. The molecule has 1 unspecified atom stereocenters. The van der Waals surface area contributed by atoms with Gasteiger partial charge in [0.25, 0.3) is 0 Å². The molecule has 0 bridgehead atoms. The predicted octanol–water partition coefficient (Wildman–Crippen LogP) is 4.62. The highest BCUT2D eigenvalue weighted by Gasteiger charge is 2.06. The molecule has 0 aliphatic heterocycles. The maximum atomic E-state index is 13.0. The molecule has 4 heteroatoms. The van der Waals surface area contributed by atoms with Crippen LogP contribution in [0.15, 0.2) is 23.1 Å². The van der Waals surface area contributed by atoms with E-state index in [4.69, 9.17) is 0 Å². The minimum absolute atomic E-state index is 0.575. The average Bonchev–Trinajstić information content (AvgIpc) is 2.42. The zero-order valence-corrected chi connectivity index (χ0v) is 12.5. The van der Waals surface area contributed by atoms with Gasteiger partial charge < -0.3 is 5.32 Å². The van der Waals surface area contributed by atoms with E-state index in [0.29, 0.717) is 6.04 Å². The maximum absolute atomic E-state index is 13.0. The molecule has 0 amide bonds. The average molecular weight is 287 g/mol. The Hall–Kier alpha value is -0.610. The van der Waals surface area contributed by atoms with Gasteiger partial charge >= 0.3 is 0 Å². The Balaban J connectivity index is 2.24. The maximum Gasteiger partial charge on any atom is 0.159 e. The normalized spacial score (nSPS) is 12.6. The van der Waals surface area contributed by atoms with E-state index in [2.05, 4.69) is 19.2 Å². The number of benzene rings is 1. The molecule has 1 aromatic carbocycles. The van der Waals surface area contributed by atoms with Crippen LogP contribution in [0.1, 0.15) is 39.5 Å². The van der Waals surface area contributed by atoms with E-state index < -0.39 is 11.6 Å². The Labute approximate surface area is 119 Å². The molecule has 0 aliphatic carbocycles. The number of halogens is 2. The molecule has 1 rings (SSSR count). The second-order valence-electron chi connectivity index (χ2n) is 4.63. The van der Waals surface area contributed by atoms with Gasteiger partial charge in [-0.1, -0.05) is 13.8 Å². The van der Waals surface area contributed by atoms with Gasteiger partial charge in [-0.25, -0.2) is 8.78 Å². The number of thioether (sulfide) groups is 1. The molecule has 0 saturated heterocycles. The predicted molar refractivity (Wildman–Crippen MR) is 78.7 cm³/mol. The zero-order chi connectivity index (χ0) is 14.1. The van der Waals surface area contributed by atoms with E-state index in [9.17, 15) is 8.78 Å². The Morgan fingerprint density at radius 2 is 2.00 bits per heavy atom. The van der Waals surface area contributed by atoms with Crippen LogP contribution in [0.4, 0.5) is 8.78 Å². The van der Waals surface area contributed by atoms with Crippen molar-refractivity contribution in [2.75, 3.05) is 12.3 Å². The van der Waals surface area contributed by atoms with Crippen LogP contribution >= 0.6 is 11.8 Å². The van der Waals surface area contributed by atoms with E-state index in [1.807, 2.05) is 0 Å². The van der Waals surface area contributed by atoms with Crippen molar-refractivity contribution in [1.82, 2.24) is 5.32 Å². The topological polar surface area (TPSA) is 12.0 Å². The van der Waals surface area contributed by atoms with Crippen molar-refractivity contribution in [2.45, 2.75) is 50.5 Å². The molecule has 1 N–H and O–H groups in total. The number of hydrogen-bond donors (Lipinski definition) is 1. The molecule has 1 aromatic rings. The molecule has 0 spiro atoms. The first-order valence-corrected chi connectivity index (χ1v) is 7.97. The third kappa shape index (κ3) is 6.39. The Morgan fingerprint density at radius 3 is 2.63 bits per heavy atom. The van der Waals surface area contributed by atoms with Crippen molar-refractivity contribution < 1.29 is 8.78 Å². The lowest BCUT2D eigenvalue weighted by atomic mass is 10.1. The van der Waals surface area contributed by atoms with E-state index in [1.165, 1.54) is 12.1 Å². The van der Waals surface area contributed by atoms with Gasteiger partial charge in [0.2, 0.25) is 0 Å². The lowest BCUT2D eigenvalue weighted by Crippen LogP contribution is -2.29. The van der Waals surface area contributed by atoms with Gasteiger partial charge in [0.1, 0.15) is 0 Å². The summed E-state index contributed by atoms with van der Waals surface area (Å²) in [6.07, 6.45) is 4.50. The summed E-state index contributed by atoms with van der Waals surface area (Å²) in [6, 6.07) is 4.67. The van der Waals surface area contributed by atoms with Crippen LogP contribution in [0.2, 0.25) is 0 Å². The van der Waals surface area contributed by atoms with Crippen LogP contribution in [0, 0.1) is 11.6 Å². The minimum Gasteiger partial charge on any atom is -0.314 e. The van der Waals surface area contributed by atoms with E-state index >= 15 is 0 Å². The Kier molecular flexibility index (Phi) is 8.07. The molecule has 0 fully saturated rings. The van der Waals surface area contributed by atoms with Crippen LogP contribution < -0.4 is 5.32 Å². The highest BCUT2D eigenvalue weighted by molar-refractivity contribution is 7.99. The first-order chi connectivity index (χ1) is 9.17. The van der Waals surface area contributed by atoms with E-state index in [1.54, 1.807) is 17.8 Å². The van der Waals surface area contributed by atoms with Crippen molar-refractivity contribution in [3.8, 4) is 0 Å². The van der Waals surface area contributed by atoms with E-state index in [0.717, 1.165) is 42.9 Å². The van der Waals surface area contributed by atoms with Crippen molar-refractivity contribution in [1.29, 1.82) is 0 Å². The van der Waals surface area contributed by atoms with Crippen molar-refractivity contribution in [3.63, 3.8) is 0 Å². The summed E-state index contributed by atoms with van der Waals surface area (Å²) in [7, 11) is 0. The van der Waals surface area contributed by atoms with Gasteiger partial charge in [0, 0.05) is 10.9 Å². The molecule has 1 atom stereocenters. The third-order valence-electron chi connectivity index (χ3n) is 3.03. The summed E-state index contributed by atoms with van der Waals surface area (Å²) in [5.41, 5.74) is 0. The Morgan fingerprint density at radius 1 is 1.21 bits per heavy atom. The third-order valence-corrected chi connectivity index (χ3v) is 4.11. The summed E-state index contributed by atoms with van der Waals surface area (Å²) in [6.45, 7) is 5.42. The molecule has 108 valence electrons. The molecule has 0 radical (unpaired) electrons. The summed E-state index contributed by atoms with van der Waals surface area (Å²) in [5.74, 6) is -0.602. The SMILES string of the molecule is CCCNC(CC)CCCSc1ccc(F)c(F)c1. The highest BCUT2D eigenvalue weighted by atomic mass is 32.2. The lowest BCUT2D eigenvalue weighted by Gasteiger charge is -2.16. The molecule has 0 saturated carbocycles. The molecule has 0 aromatic heterocycles. The summed E-state index contributed by atoms with van der Waals surface area (Å²) < 4.78 is 25.8. The van der Waals surface area contributed by atoms with Crippen LogP contribution in [-0.2, 0) is 0 Å². The van der Waals surface area contributed by atoms with Gasteiger partial charge in [-0.3, -0.25) is 0 Å². The number of nitrogens with one attached hydrogen (secondary N) is 1. The van der Waals surface area contributed by atoms with Crippen molar-refractivity contribution in [3.05, 3.63) is 29.8 Å². The van der Waals surface area contributed by atoms with E-state index in [-0.39, 0.29) is 0 Å². The van der Waals surface area contributed by atoms with Gasteiger partial charge in [-0.05, 0) is 56.2 Å². The lowest BCUT2D eigenvalue weighted by molar-refractivity contribution is 0.465. The quantitative estimate of drug-likeness (QED) is 0.525. The van der Waals surface area contributed by atoms with Gasteiger partial charge in [0.15, 0.2) is 11.6 Å². The van der Waals surface area contributed by atoms with Gasteiger partial charge in [-0.15, -0.1) is 11.8 Å². The Bertz CT molecular complexity index is 371. The highest BCUT2D eigenvalue weighted by Crippen LogP contribution is 2.21. The van der Waals surface area contributed by atoms with Crippen LogP contribution in [0.3, 0.4) is 0 Å². The van der Waals surface area contributed by atoms with Crippen LogP contribution in [0.5, 0.6) is 0 Å².